The Hall–Kier alpha value is -2.33. The van der Waals surface area contributed by atoms with Gasteiger partial charge >= 0.3 is 0 Å². The van der Waals surface area contributed by atoms with Crippen molar-refractivity contribution in [3.8, 4) is 22.8 Å². The Morgan fingerprint density at radius 3 is 2.19 bits per heavy atom. The van der Waals surface area contributed by atoms with Crippen LogP contribution in [0, 0.1) is 4.64 Å². The van der Waals surface area contributed by atoms with Gasteiger partial charge in [0.2, 0.25) is 0 Å². The highest BCUT2D eigenvalue weighted by Crippen LogP contribution is 2.27. The van der Waals surface area contributed by atoms with E-state index in [-0.39, 0.29) is 0 Å². The lowest BCUT2D eigenvalue weighted by Gasteiger charge is -2.08. The van der Waals surface area contributed by atoms with Crippen molar-refractivity contribution >= 4 is 23.0 Å². The highest BCUT2D eigenvalue weighted by molar-refractivity contribution is 7.71. The summed E-state index contributed by atoms with van der Waals surface area (Å²) in [5.74, 6) is 1.64. The van der Waals surface area contributed by atoms with E-state index in [0.29, 0.717) is 4.64 Å². The maximum atomic E-state index is 5.46. The average Bonchev–Trinajstić information content (AvgIpc) is 2.54. The van der Waals surface area contributed by atoms with Crippen LogP contribution < -0.4 is 9.47 Å². The monoisotopic (exact) mass is 297 g/mol. The normalized spacial score (nSPS) is 10.6. The second-order valence-corrected chi connectivity index (χ2v) is 5.10. The van der Waals surface area contributed by atoms with Gasteiger partial charge in [-0.2, -0.15) is 0 Å². The van der Waals surface area contributed by atoms with Crippen molar-refractivity contribution in [1.82, 2.24) is 4.98 Å². The molecule has 0 spiro atoms. The lowest BCUT2D eigenvalue weighted by Crippen LogP contribution is -1.89. The summed E-state index contributed by atoms with van der Waals surface area (Å²) >= 11 is 5.46. The number of nitrogens with one attached hydrogen (secondary N) is 1. The summed E-state index contributed by atoms with van der Waals surface area (Å²) in [5, 5.41) is 2.08. The predicted octanol–water partition coefficient (Wildman–Crippen LogP) is 4.58. The van der Waals surface area contributed by atoms with Gasteiger partial charge in [-0.05, 0) is 53.4 Å². The minimum Gasteiger partial charge on any atom is -0.497 e. The molecule has 0 unspecified atom stereocenters. The molecule has 3 nitrogen and oxygen atoms in total. The van der Waals surface area contributed by atoms with Crippen molar-refractivity contribution in [2.45, 2.75) is 0 Å². The highest BCUT2D eigenvalue weighted by atomic mass is 32.1. The van der Waals surface area contributed by atoms with Gasteiger partial charge in [0.15, 0.2) is 0 Å². The number of aromatic nitrogens is 1. The summed E-state index contributed by atoms with van der Waals surface area (Å²) in [4.78, 5) is 3.27. The van der Waals surface area contributed by atoms with E-state index in [4.69, 9.17) is 21.7 Å². The standard InChI is InChI=1S/C17H15NO2S/c1-19-13-6-3-11(4-7-13)16-9-12-5-8-14(20-2)10-15(12)17(21)18-16/h3-10H,1-2H3,(H,18,21). The number of aromatic amines is 1. The number of pyridine rings is 1. The van der Waals surface area contributed by atoms with Crippen molar-refractivity contribution in [3.63, 3.8) is 0 Å². The van der Waals surface area contributed by atoms with Crippen molar-refractivity contribution < 1.29 is 9.47 Å². The minimum atomic E-state index is 0.706. The summed E-state index contributed by atoms with van der Waals surface area (Å²) in [6, 6.07) is 15.9. The van der Waals surface area contributed by atoms with E-state index < -0.39 is 0 Å². The Morgan fingerprint density at radius 2 is 1.52 bits per heavy atom. The molecule has 3 aromatic rings. The number of ether oxygens (including phenoxy) is 2. The second kappa shape index (κ2) is 5.58. The van der Waals surface area contributed by atoms with Crippen LogP contribution in [0.1, 0.15) is 0 Å². The molecular weight excluding hydrogens is 282 g/mol. The first kappa shape index (κ1) is 13.6. The predicted molar refractivity (Wildman–Crippen MR) is 87.7 cm³/mol. The van der Waals surface area contributed by atoms with Crippen LogP contribution in [0.2, 0.25) is 0 Å². The van der Waals surface area contributed by atoms with E-state index in [0.717, 1.165) is 33.5 Å². The first-order valence-electron chi connectivity index (χ1n) is 6.57. The number of rotatable bonds is 3. The first-order chi connectivity index (χ1) is 10.2. The van der Waals surface area contributed by atoms with Gasteiger partial charge in [-0.25, -0.2) is 0 Å². The number of methoxy groups -OCH3 is 2. The summed E-state index contributed by atoms with van der Waals surface area (Å²) in [7, 11) is 3.31. The number of hydrogen-bond acceptors (Lipinski definition) is 3. The molecule has 0 bridgehead atoms. The molecular formula is C17H15NO2S. The SMILES string of the molecule is COc1ccc(-c2cc3ccc(OC)cc3c(=S)[nH]2)cc1. The molecule has 1 heterocycles. The fraction of sp³-hybridized carbons (Fsp3) is 0.118. The molecule has 0 fully saturated rings. The second-order valence-electron chi connectivity index (χ2n) is 4.69. The minimum absolute atomic E-state index is 0.706. The Kier molecular flexibility index (Phi) is 3.62. The van der Waals surface area contributed by atoms with E-state index in [2.05, 4.69) is 11.1 Å². The van der Waals surface area contributed by atoms with Gasteiger partial charge in [-0.3, -0.25) is 0 Å². The molecule has 0 aliphatic rings. The Labute approximate surface area is 128 Å². The number of H-pyrrole nitrogens is 1. The number of hydrogen-bond donors (Lipinski definition) is 1. The molecule has 0 atom stereocenters. The van der Waals surface area contributed by atoms with Gasteiger partial charge in [0.1, 0.15) is 16.1 Å². The Morgan fingerprint density at radius 1 is 0.857 bits per heavy atom. The largest absolute Gasteiger partial charge is 0.497 e. The lowest BCUT2D eigenvalue weighted by molar-refractivity contribution is 0.415. The zero-order valence-electron chi connectivity index (χ0n) is 11.8. The van der Waals surface area contributed by atoms with Crippen LogP contribution in [0.3, 0.4) is 0 Å². The van der Waals surface area contributed by atoms with Crippen LogP contribution >= 0.6 is 12.2 Å². The fourth-order valence-corrected chi connectivity index (χ4v) is 2.58. The van der Waals surface area contributed by atoms with Crippen molar-refractivity contribution in [2.24, 2.45) is 0 Å². The van der Waals surface area contributed by atoms with Crippen molar-refractivity contribution in [2.75, 3.05) is 14.2 Å². The molecule has 4 heteroatoms. The molecule has 0 saturated carbocycles. The van der Waals surface area contributed by atoms with Gasteiger partial charge in [-0.15, -0.1) is 0 Å². The lowest BCUT2D eigenvalue weighted by atomic mass is 10.1. The van der Waals surface area contributed by atoms with Gasteiger partial charge in [-0.1, -0.05) is 18.3 Å². The number of benzene rings is 2. The summed E-state index contributed by atoms with van der Waals surface area (Å²) in [6.45, 7) is 0. The topological polar surface area (TPSA) is 34.2 Å². The van der Waals surface area contributed by atoms with Crippen LogP contribution in [0.5, 0.6) is 11.5 Å². The molecule has 1 aromatic heterocycles. The molecule has 0 amide bonds. The molecule has 1 N–H and O–H groups in total. The Bertz CT molecular complexity index is 838. The third-order valence-corrected chi connectivity index (χ3v) is 3.78. The van der Waals surface area contributed by atoms with Crippen LogP contribution in [-0.4, -0.2) is 19.2 Å². The van der Waals surface area contributed by atoms with E-state index in [1.807, 2.05) is 42.5 Å². The van der Waals surface area contributed by atoms with E-state index >= 15 is 0 Å². The van der Waals surface area contributed by atoms with Crippen LogP contribution in [-0.2, 0) is 0 Å². The Balaban J connectivity index is 2.13. The highest BCUT2D eigenvalue weighted by Gasteiger charge is 2.04. The van der Waals surface area contributed by atoms with Crippen LogP contribution in [0.4, 0.5) is 0 Å². The molecule has 2 aromatic carbocycles. The van der Waals surface area contributed by atoms with E-state index in [1.165, 1.54) is 0 Å². The third kappa shape index (κ3) is 2.62. The van der Waals surface area contributed by atoms with Crippen molar-refractivity contribution in [3.05, 3.63) is 53.2 Å². The third-order valence-electron chi connectivity index (χ3n) is 3.45. The molecule has 106 valence electrons. The molecule has 0 radical (unpaired) electrons. The quantitative estimate of drug-likeness (QED) is 0.718. The summed E-state index contributed by atoms with van der Waals surface area (Å²) in [5.41, 5.74) is 2.06. The molecule has 0 aliphatic carbocycles. The van der Waals surface area contributed by atoms with Gasteiger partial charge in [0.05, 0.1) is 14.2 Å². The van der Waals surface area contributed by atoms with E-state index in [9.17, 15) is 0 Å². The van der Waals surface area contributed by atoms with Gasteiger partial charge in [0.25, 0.3) is 0 Å². The van der Waals surface area contributed by atoms with Crippen LogP contribution in [0.25, 0.3) is 22.0 Å². The number of fused-ring (bicyclic) bond motifs is 1. The molecule has 21 heavy (non-hydrogen) atoms. The summed E-state index contributed by atoms with van der Waals surface area (Å²) in [6.07, 6.45) is 0. The maximum Gasteiger partial charge on any atom is 0.119 e. The molecule has 0 saturated heterocycles. The molecule has 3 rings (SSSR count). The molecule has 0 aliphatic heterocycles. The van der Waals surface area contributed by atoms with Crippen LogP contribution in [0.15, 0.2) is 48.5 Å². The van der Waals surface area contributed by atoms with Crippen molar-refractivity contribution in [1.29, 1.82) is 0 Å². The zero-order chi connectivity index (χ0) is 14.8. The van der Waals surface area contributed by atoms with Gasteiger partial charge < -0.3 is 14.5 Å². The first-order valence-corrected chi connectivity index (χ1v) is 6.97. The van der Waals surface area contributed by atoms with E-state index in [1.54, 1.807) is 14.2 Å². The van der Waals surface area contributed by atoms with Gasteiger partial charge in [0, 0.05) is 11.1 Å². The maximum absolute atomic E-state index is 5.46. The fourth-order valence-electron chi connectivity index (χ4n) is 2.29. The zero-order valence-corrected chi connectivity index (χ0v) is 12.7. The summed E-state index contributed by atoms with van der Waals surface area (Å²) < 4.78 is 11.1. The smallest absolute Gasteiger partial charge is 0.119 e. The average molecular weight is 297 g/mol.